The Morgan fingerprint density at radius 1 is 1.52 bits per heavy atom. The van der Waals surface area contributed by atoms with Crippen LogP contribution in [0.5, 0.6) is 5.88 Å². The third-order valence-corrected chi connectivity index (χ3v) is 5.62. The minimum absolute atomic E-state index is 0.0286. The summed E-state index contributed by atoms with van der Waals surface area (Å²) in [7, 11) is -3.59. The number of hydrogen-bond donors (Lipinski definition) is 2. The third-order valence-electron chi connectivity index (χ3n) is 4.12. The maximum atomic E-state index is 12.4. The van der Waals surface area contributed by atoms with Gasteiger partial charge in [-0.25, -0.2) is 17.8 Å². The van der Waals surface area contributed by atoms with Crippen molar-refractivity contribution in [1.82, 2.24) is 14.5 Å². The van der Waals surface area contributed by atoms with E-state index in [1.54, 1.807) is 4.68 Å². The second-order valence-corrected chi connectivity index (χ2v) is 8.50. The number of ether oxygens (including phenoxy) is 1. The molecule has 3 N–H and O–H groups in total. The van der Waals surface area contributed by atoms with Gasteiger partial charge in [-0.3, -0.25) is 0 Å². The average molecular weight is 314 g/mol. The lowest BCUT2D eigenvalue weighted by Gasteiger charge is -2.34. The van der Waals surface area contributed by atoms with Gasteiger partial charge in [-0.1, -0.05) is 13.8 Å². The largest absolute Gasteiger partial charge is 0.476 e. The predicted octanol–water partition coefficient (Wildman–Crippen LogP) is 0.317. The van der Waals surface area contributed by atoms with Gasteiger partial charge in [0.1, 0.15) is 0 Å². The molecule has 0 amide bonds. The third kappa shape index (κ3) is 2.79. The molecule has 1 aliphatic carbocycles. The van der Waals surface area contributed by atoms with Crippen LogP contribution in [-0.4, -0.2) is 37.4 Å². The summed E-state index contributed by atoms with van der Waals surface area (Å²) in [5.41, 5.74) is 5.51. The van der Waals surface area contributed by atoms with Crippen molar-refractivity contribution in [3.63, 3.8) is 0 Å². The summed E-state index contributed by atoms with van der Waals surface area (Å²) in [5, 5.41) is 4.15. The molecule has 0 saturated heterocycles. The molecule has 21 heavy (non-hydrogen) atoms. The number of hydrogen-bond acceptors (Lipinski definition) is 5. The highest BCUT2D eigenvalue weighted by molar-refractivity contribution is 7.89. The van der Waals surface area contributed by atoms with Crippen LogP contribution in [0.4, 0.5) is 0 Å². The van der Waals surface area contributed by atoms with Crippen LogP contribution in [0.1, 0.15) is 26.7 Å². The first-order valence-electron chi connectivity index (χ1n) is 7.22. The molecule has 3 rings (SSSR count). The quantitative estimate of drug-likeness (QED) is 0.833. The number of rotatable bonds is 4. The lowest BCUT2D eigenvalue weighted by Crippen LogP contribution is -2.46. The lowest BCUT2D eigenvalue weighted by molar-refractivity contribution is 0.0970. The van der Waals surface area contributed by atoms with Crippen molar-refractivity contribution >= 4 is 10.0 Å². The van der Waals surface area contributed by atoms with Gasteiger partial charge in [-0.05, 0) is 25.3 Å². The predicted molar refractivity (Wildman–Crippen MR) is 77.4 cm³/mol. The molecule has 2 heterocycles. The Morgan fingerprint density at radius 2 is 2.24 bits per heavy atom. The maximum absolute atomic E-state index is 12.4. The van der Waals surface area contributed by atoms with Gasteiger partial charge in [0.25, 0.3) is 0 Å². The Kier molecular flexibility index (Phi) is 3.50. The minimum Gasteiger partial charge on any atom is -0.476 e. The maximum Gasteiger partial charge on any atom is 0.247 e. The number of nitrogens with zero attached hydrogens (tertiary/aromatic N) is 2. The zero-order valence-corrected chi connectivity index (χ0v) is 13.2. The Hall–Kier alpha value is -1.12. The van der Waals surface area contributed by atoms with Crippen LogP contribution in [0.2, 0.25) is 0 Å². The van der Waals surface area contributed by atoms with Gasteiger partial charge in [0.2, 0.25) is 15.9 Å². The van der Waals surface area contributed by atoms with E-state index >= 15 is 0 Å². The highest BCUT2D eigenvalue weighted by atomic mass is 32.2. The second kappa shape index (κ2) is 4.96. The molecular formula is C13H22N4O3S. The number of fused-ring (bicyclic) bond motifs is 1. The van der Waals surface area contributed by atoms with Crippen LogP contribution in [-0.2, 0) is 16.6 Å². The van der Waals surface area contributed by atoms with E-state index in [-0.39, 0.29) is 16.4 Å². The van der Waals surface area contributed by atoms with Gasteiger partial charge < -0.3 is 10.5 Å². The summed E-state index contributed by atoms with van der Waals surface area (Å²) in [6, 6.07) is -0.0286. The number of nitrogens with two attached hydrogens (primary N) is 1. The van der Waals surface area contributed by atoms with Gasteiger partial charge in [0.15, 0.2) is 4.90 Å². The molecule has 1 aromatic rings. The summed E-state index contributed by atoms with van der Waals surface area (Å²) in [6.45, 7) is 5.87. The van der Waals surface area contributed by atoms with Crippen LogP contribution in [0.3, 0.4) is 0 Å². The van der Waals surface area contributed by atoms with Crippen LogP contribution in [0.15, 0.2) is 11.1 Å². The Morgan fingerprint density at radius 3 is 2.90 bits per heavy atom. The fourth-order valence-corrected chi connectivity index (χ4v) is 4.16. The molecule has 118 valence electrons. The summed E-state index contributed by atoms with van der Waals surface area (Å²) < 4.78 is 34.9. The fraction of sp³-hybridized carbons (Fsp3) is 0.769. The van der Waals surface area contributed by atoms with Crippen molar-refractivity contribution in [3.8, 4) is 5.88 Å². The summed E-state index contributed by atoms with van der Waals surface area (Å²) >= 11 is 0. The van der Waals surface area contributed by atoms with E-state index < -0.39 is 10.0 Å². The Labute approximate surface area is 124 Å². The second-order valence-electron chi connectivity index (χ2n) is 6.82. The van der Waals surface area contributed by atoms with E-state index in [4.69, 9.17) is 10.5 Å². The van der Waals surface area contributed by atoms with Crippen molar-refractivity contribution < 1.29 is 13.2 Å². The highest BCUT2D eigenvalue weighted by Crippen LogP contribution is 2.34. The van der Waals surface area contributed by atoms with Crippen LogP contribution in [0, 0.1) is 11.3 Å². The number of sulfonamides is 1. The normalized spacial score (nSPS) is 27.6. The molecule has 1 saturated carbocycles. The van der Waals surface area contributed by atoms with Crippen molar-refractivity contribution in [2.75, 3.05) is 13.2 Å². The smallest absolute Gasteiger partial charge is 0.247 e. The molecule has 0 radical (unpaired) electrons. The van der Waals surface area contributed by atoms with Gasteiger partial charge in [0.05, 0.1) is 19.3 Å². The molecular weight excluding hydrogens is 292 g/mol. The van der Waals surface area contributed by atoms with Crippen LogP contribution >= 0.6 is 0 Å². The molecule has 0 aromatic carbocycles. The van der Waals surface area contributed by atoms with Gasteiger partial charge in [-0.2, -0.15) is 5.10 Å². The summed E-state index contributed by atoms with van der Waals surface area (Å²) in [5.74, 6) is 0.771. The topological polar surface area (TPSA) is 99.2 Å². The Bertz CT molecular complexity index is 632. The van der Waals surface area contributed by atoms with E-state index in [1.807, 2.05) is 0 Å². The Balaban J connectivity index is 1.77. The van der Waals surface area contributed by atoms with E-state index in [2.05, 4.69) is 23.7 Å². The molecule has 1 aromatic heterocycles. The summed E-state index contributed by atoms with van der Waals surface area (Å²) in [4.78, 5) is 0.134. The van der Waals surface area contributed by atoms with Crippen LogP contribution < -0.4 is 15.2 Å². The molecule has 2 aliphatic rings. The van der Waals surface area contributed by atoms with E-state index in [0.717, 1.165) is 12.8 Å². The fourth-order valence-electron chi connectivity index (χ4n) is 2.82. The molecule has 1 aliphatic heterocycles. The lowest BCUT2D eigenvalue weighted by atomic mass is 9.81. The zero-order valence-electron chi connectivity index (χ0n) is 12.4. The first-order chi connectivity index (χ1) is 9.81. The van der Waals surface area contributed by atoms with Gasteiger partial charge in [-0.15, -0.1) is 0 Å². The molecule has 0 spiro atoms. The zero-order chi connectivity index (χ0) is 15.3. The molecule has 1 fully saturated rings. The van der Waals surface area contributed by atoms with Crippen molar-refractivity contribution in [2.24, 2.45) is 17.1 Å². The SMILES string of the molecule is CC1(C)COc2c(S(=O)(=O)NC3CC(CN)C3)cnn2C1. The van der Waals surface area contributed by atoms with Crippen LogP contribution in [0.25, 0.3) is 0 Å². The molecule has 0 unspecified atom stereocenters. The highest BCUT2D eigenvalue weighted by Gasteiger charge is 2.36. The molecule has 8 heteroatoms. The minimum atomic E-state index is -3.59. The number of nitrogens with one attached hydrogen (secondary N) is 1. The summed E-state index contributed by atoms with van der Waals surface area (Å²) in [6.07, 6.45) is 2.97. The van der Waals surface area contributed by atoms with E-state index in [1.165, 1.54) is 6.20 Å². The first-order valence-corrected chi connectivity index (χ1v) is 8.70. The van der Waals surface area contributed by atoms with E-state index in [0.29, 0.717) is 31.5 Å². The molecule has 0 bridgehead atoms. The van der Waals surface area contributed by atoms with Crippen molar-refractivity contribution in [1.29, 1.82) is 0 Å². The average Bonchev–Trinajstić information content (AvgIpc) is 2.75. The first kappa shape index (κ1) is 14.8. The number of aromatic nitrogens is 2. The van der Waals surface area contributed by atoms with Gasteiger partial charge in [0, 0.05) is 11.5 Å². The van der Waals surface area contributed by atoms with E-state index in [9.17, 15) is 8.42 Å². The van der Waals surface area contributed by atoms with Crippen molar-refractivity contribution in [2.45, 2.75) is 44.2 Å². The standard InChI is InChI=1S/C13H22N4O3S/c1-13(2)7-17-12(20-8-13)11(6-15-17)21(18,19)16-10-3-9(4-10)5-14/h6,9-10,16H,3-5,7-8,14H2,1-2H3. The van der Waals surface area contributed by atoms with Gasteiger partial charge >= 0.3 is 0 Å². The van der Waals surface area contributed by atoms with Crippen molar-refractivity contribution in [3.05, 3.63) is 6.20 Å². The monoisotopic (exact) mass is 314 g/mol. The molecule has 0 atom stereocenters. The molecule has 7 nitrogen and oxygen atoms in total.